The van der Waals surface area contributed by atoms with E-state index in [0.29, 0.717) is 30.0 Å². The summed E-state index contributed by atoms with van der Waals surface area (Å²) in [6.07, 6.45) is 3.89. The van der Waals surface area contributed by atoms with Crippen LogP contribution in [0.15, 0.2) is 48.5 Å². The van der Waals surface area contributed by atoms with Crippen LogP contribution in [0.25, 0.3) is 0 Å². The van der Waals surface area contributed by atoms with Gasteiger partial charge in [0.25, 0.3) is 11.8 Å². The molecule has 2 aromatic carbocycles. The fourth-order valence-electron chi connectivity index (χ4n) is 4.05. The molecular weight excluding hydrogens is 371 g/mol. The highest BCUT2D eigenvalue weighted by atomic mass is 19.1. The van der Waals surface area contributed by atoms with Gasteiger partial charge in [-0.2, -0.15) is 0 Å². The van der Waals surface area contributed by atoms with E-state index < -0.39 is 5.82 Å². The van der Waals surface area contributed by atoms with Crippen LogP contribution in [0.1, 0.15) is 46.4 Å². The number of hydrogen-bond donors (Lipinski definition) is 0. The Kier molecular flexibility index (Phi) is 5.79. The van der Waals surface area contributed by atoms with Crippen LogP contribution >= 0.6 is 0 Å². The van der Waals surface area contributed by atoms with E-state index in [1.165, 1.54) is 12.1 Å². The van der Waals surface area contributed by atoms with Gasteiger partial charge in [0.2, 0.25) is 0 Å². The monoisotopic (exact) mass is 396 g/mol. The summed E-state index contributed by atoms with van der Waals surface area (Å²) in [5, 5.41) is 0. The quantitative estimate of drug-likeness (QED) is 0.774. The lowest BCUT2D eigenvalue weighted by Crippen LogP contribution is -2.39. The Hall–Kier alpha value is -2.89. The van der Waals surface area contributed by atoms with Crippen LogP contribution in [0.3, 0.4) is 0 Å². The number of carbonyl (C=O) groups is 2. The Morgan fingerprint density at radius 1 is 0.931 bits per heavy atom. The summed E-state index contributed by atoms with van der Waals surface area (Å²) in [7, 11) is 0. The first-order valence-electron chi connectivity index (χ1n) is 10.2. The van der Waals surface area contributed by atoms with Gasteiger partial charge in [0.05, 0.1) is 6.04 Å². The van der Waals surface area contributed by atoms with Crippen LogP contribution in [0.5, 0.6) is 5.75 Å². The maximum absolute atomic E-state index is 13.4. The van der Waals surface area contributed by atoms with Crippen LogP contribution in [0.2, 0.25) is 0 Å². The number of amides is 2. The summed E-state index contributed by atoms with van der Waals surface area (Å²) >= 11 is 0. The molecule has 0 radical (unpaired) electrons. The topological polar surface area (TPSA) is 49.9 Å². The van der Waals surface area contributed by atoms with E-state index in [0.717, 1.165) is 38.8 Å². The smallest absolute Gasteiger partial charge is 0.254 e. The van der Waals surface area contributed by atoms with Crippen LogP contribution in [0, 0.1) is 5.82 Å². The number of nitrogens with zero attached hydrogens (tertiary/aromatic N) is 2. The summed E-state index contributed by atoms with van der Waals surface area (Å²) in [5.74, 6) is 0.165. The Labute approximate surface area is 170 Å². The van der Waals surface area contributed by atoms with Crippen molar-refractivity contribution < 1.29 is 18.7 Å². The molecule has 1 atom stereocenters. The van der Waals surface area contributed by atoms with Crippen LogP contribution < -0.4 is 4.74 Å². The van der Waals surface area contributed by atoms with Crippen molar-refractivity contribution in [2.45, 2.75) is 31.7 Å². The molecule has 0 bridgehead atoms. The Morgan fingerprint density at radius 2 is 1.69 bits per heavy atom. The van der Waals surface area contributed by atoms with E-state index in [1.54, 1.807) is 41.3 Å². The molecule has 6 heteroatoms. The van der Waals surface area contributed by atoms with E-state index in [-0.39, 0.29) is 17.9 Å². The normalized spacial score (nSPS) is 18.9. The molecule has 0 N–H and O–H groups in total. The molecule has 0 spiro atoms. The first-order valence-corrected chi connectivity index (χ1v) is 10.2. The molecule has 1 unspecified atom stereocenters. The molecular formula is C23H25FN2O3. The molecule has 5 nitrogen and oxygen atoms in total. The number of carbonyl (C=O) groups excluding carboxylic acids is 2. The van der Waals surface area contributed by atoms with Gasteiger partial charge in [-0.15, -0.1) is 0 Å². The minimum absolute atomic E-state index is 0.0447. The third-order valence-corrected chi connectivity index (χ3v) is 5.65. The van der Waals surface area contributed by atoms with Gasteiger partial charge in [-0.3, -0.25) is 9.59 Å². The lowest BCUT2D eigenvalue weighted by molar-refractivity contribution is 0.0690. The average Bonchev–Trinajstić information content (AvgIpc) is 3.44. The first-order chi connectivity index (χ1) is 14.1. The molecule has 2 aliphatic heterocycles. The Morgan fingerprint density at radius 3 is 2.41 bits per heavy atom. The molecule has 2 saturated heterocycles. The summed E-state index contributed by atoms with van der Waals surface area (Å²) in [6.45, 7) is 2.68. The third kappa shape index (κ3) is 4.42. The third-order valence-electron chi connectivity index (χ3n) is 5.65. The number of ether oxygens (including phenoxy) is 1. The fraction of sp³-hybridized carbons (Fsp3) is 0.391. The van der Waals surface area contributed by atoms with Gasteiger partial charge in [0, 0.05) is 30.8 Å². The predicted octanol–water partition coefficient (Wildman–Crippen LogP) is 3.75. The molecule has 152 valence electrons. The Balaban J connectivity index is 1.35. The van der Waals surface area contributed by atoms with Crippen molar-refractivity contribution in [2.75, 3.05) is 26.2 Å². The van der Waals surface area contributed by atoms with Crippen molar-refractivity contribution in [3.05, 3.63) is 65.5 Å². The van der Waals surface area contributed by atoms with Gasteiger partial charge < -0.3 is 14.5 Å². The predicted molar refractivity (Wildman–Crippen MR) is 108 cm³/mol. The van der Waals surface area contributed by atoms with E-state index in [4.69, 9.17) is 4.74 Å². The van der Waals surface area contributed by atoms with Crippen molar-refractivity contribution in [1.82, 2.24) is 9.80 Å². The second-order valence-electron chi connectivity index (χ2n) is 7.64. The molecule has 4 rings (SSSR count). The Bertz CT molecular complexity index is 878. The number of hydrogen-bond acceptors (Lipinski definition) is 3. The second-order valence-corrected chi connectivity index (χ2v) is 7.64. The lowest BCUT2D eigenvalue weighted by atomic mass is 10.1. The largest absolute Gasteiger partial charge is 0.491 e. The van der Waals surface area contributed by atoms with Crippen molar-refractivity contribution in [3.63, 3.8) is 0 Å². The summed E-state index contributed by atoms with van der Waals surface area (Å²) in [5.41, 5.74) is 1.03. The zero-order valence-electron chi connectivity index (χ0n) is 16.4. The molecule has 0 aromatic heterocycles. The van der Waals surface area contributed by atoms with Gasteiger partial charge in [0.15, 0.2) is 0 Å². The highest BCUT2D eigenvalue weighted by Gasteiger charge is 2.30. The van der Waals surface area contributed by atoms with Gasteiger partial charge in [-0.05, 0) is 68.1 Å². The number of likely N-dealkylation sites (tertiary alicyclic amines) is 2. The molecule has 0 aliphatic carbocycles. The van der Waals surface area contributed by atoms with Crippen LogP contribution in [-0.2, 0) is 0 Å². The number of benzene rings is 2. The first kappa shape index (κ1) is 19.4. The van der Waals surface area contributed by atoms with E-state index in [9.17, 15) is 14.0 Å². The standard InChI is InChI=1S/C23H25FN2O3/c24-19-6-3-5-18(15-19)23(28)26-14-4-7-20(26)16-29-21-10-8-17(9-11-21)22(27)25-12-1-2-13-25/h3,5-6,8-11,15,20H,1-2,4,7,12-14,16H2. The minimum atomic E-state index is -0.411. The van der Waals surface area contributed by atoms with Gasteiger partial charge in [-0.25, -0.2) is 4.39 Å². The number of rotatable bonds is 5. The van der Waals surface area contributed by atoms with E-state index >= 15 is 0 Å². The van der Waals surface area contributed by atoms with E-state index in [1.807, 2.05) is 4.90 Å². The zero-order valence-corrected chi connectivity index (χ0v) is 16.4. The molecule has 2 fully saturated rings. The van der Waals surface area contributed by atoms with Crippen molar-refractivity contribution in [3.8, 4) is 5.75 Å². The molecule has 29 heavy (non-hydrogen) atoms. The van der Waals surface area contributed by atoms with Crippen LogP contribution in [0.4, 0.5) is 4.39 Å². The summed E-state index contributed by atoms with van der Waals surface area (Å²) < 4.78 is 19.3. The SMILES string of the molecule is O=C(c1ccc(OCC2CCCN2C(=O)c2cccc(F)c2)cc1)N1CCCC1. The summed E-state index contributed by atoms with van der Waals surface area (Å²) in [6, 6.07) is 12.9. The van der Waals surface area contributed by atoms with Crippen molar-refractivity contribution in [1.29, 1.82) is 0 Å². The number of halogens is 1. The molecule has 2 aliphatic rings. The van der Waals surface area contributed by atoms with Gasteiger partial charge >= 0.3 is 0 Å². The maximum atomic E-state index is 13.4. The maximum Gasteiger partial charge on any atom is 0.254 e. The minimum Gasteiger partial charge on any atom is -0.491 e. The van der Waals surface area contributed by atoms with Crippen molar-refractivity contribution in [2.24, 2.45) is 0 Å². The molecule has 2 aromatic rings. The van der Waals surface area contributed by atoms with E-state index in [2.05, 4.69) is 0 Å². The zero-order chi connectivity index (χ0) is 20.2. The van der Waals surface area contributed by atoms with Gasteiger partial charge in [-0.1, -0.05) is 6.07 Å². The highest BCUT2D eigenvalue weighted by molar-refractivity contribution is 5.95. The van der Waals surface area contributed by atoms with Crippen LogP contribution in [-0.4, -0.2) is 53.9 Å². The molecule has 0 saturated carbocycles. The second kappa shape index (κ2) is 8.64. The average molecular weight is 396 g/mol. The molecule has 2 heterocycles. The van der Waals surface area contributed by atoms with Crippen molar-refractivity contribution >= 4 is 11.8 Å². The highest BCUT2D eigenvalue weighted by Crippen LogP contribution is 2.23. The van der Waals surface area contributed by atoms with Gasteiger partial charge in [0.1, 0.15) is 18.2 Å². The molecule has 2 amide bonds. The fourth-order valence-corrected chi connectivity index (χ4v) is 4.05. The summed E-state index contributed by atoms with van der Waals surface area (Å²) in [4.78, 5) is 28.8. The lowest BCUT2D eigenvalue weighted by Gasteiger charge is -2.25.